The monoisotopic (exact) mass is 423 g/mol. The van der Waals surface area contributed by atoms with Gasteiger partial charge in [0.2, 0.25) is 5.91 Å². The normalized spacial score (nSPS) is 12.1. The summed E-state index contributed by atoms with van der Waals surface area (Å²) in [5.74, 6) is 1.21. The van der Waals surface area contributed by atoms with Crippen LogP contribution >= 0.6 is 11.3 Å². The molecule has 3 aromatic heterocycles. The van der Waals surface area contributed by atoms with E-state index in [-0.39, 0.29) is 24.4 Å². The molecule has 0 saturated carbocycles. The molecule has 4 aromatic rings. The summed E-state index contributed by atoms with van der Waals surface area (Å²) in [6.45, 7) is 0.245. The zero-order chi connectivity index (χ0) is 21.1. The Morgan fingerprint density at radius 3 is 2.93 bits per heavy atom. The number of nitrogens with zero attached hydrogens (tertiary/aromatic N) is 4. The number of ether oxygens (including phenoxy) is 1. The van der Waals surface area contributed by atoms with Gasteiger partial charge in [-0.05, 0) is 29.1 Å². The number of rotatable bonds is 7. The molecule has 1 unspecified atom stereocenters. The summed E-state index contributed by atoms with van der Waals surface area (Å²) in [4.78, 5) is 34.7. The number of carbonyl (C=O) groups excluding carboxylic acids is 1. The average molecular weight is 423 g/mol. The standard InChI is InChI=1S/C21H21N5O3S/c1-25-10-8-22-19(25)18(14-4-3-5-15(12-14)29-2)24-17(27)6-9-26-13-23-20-16(21(26)28)7-11-30-20/h3-5,7-8,10-13,18H,6,9H2,1-2H3,(H,24,27). The van der Waals surface area contributed by atoms with E-state index < -0.39 is 6.04 Å². The highest BCUT2D eigenvalue weighted by atomic mass is 32.1. The Hall–Kier alpha value is -3.46. The molecule has 3 heterocycles. The topological polar surface area (TPSA) is 91.0 Å². The smallest absolute Gasteiger partial charge is 0.262 e. The first-order chi connectivity index (χ1) is 14.6. The van der Waals surface area contributed by atoms with Crippen molar-refractivity contribution in [2.45, 2.75) is 19.0 Å². The maximum absolute atomic E-state index is 12.8. The first-order valence-corrected chi connectivity index (χ1v) is 10.3. The minimum absolute atomic E-state index is 0.137. The molecule has 154 valence electrons. The summed E-state index contributed by atoms with van der Waals surface area (Å²) >= 11 is 1.42. The van der Waals surface area contributed by atoms with Crippen LogP contribution in [0.3, 0.4) is 0 Å². The molecule has 1 aromatic carbocycles. The van der Waals surface area contributed by atoms with E-state index in [2.05, 4.69) is 15.3 Å². The number of nitrogens with one attached hydrogen (secondary N) is 1. The van der Waals surface area contributed by atoms with Gasteiger partial charge in [-0.15, -0.1) is 11.3 Å². The van der Waals surface area contributed by atoms with Crippen LogP contribution in [0.15, 0.2) is 59.2 Å². The fraction of sp³-hybridized carbons (Fsp3) is 0.238. The van der Waals surface area contributed by atoms with Crippen molar-refractivity contribution < 1.29 is 9.53 Å². The molecule has 0 aliphatic rings. The van der Waals surface area contributed by atoms with Crippen molar-refractivity contribution in [2.24, 2.45) is 7.05 Å². The number of fused-ring (bicyclic) bond motifs is 1. The maximum atomic E-state index is 12.8. The Morgan fingerprint density at radius 1 is 1.30 bits per heavy atom. The van der Waals surface area contributed by atoms with Crippen LogP contribution in [-0.2, 0) is 18.4 Å². The lowest BCUT2D eigenvalue weighted by Crippen LogP contribution is -2.32. The number of hydrogen-bond acceptors (Lipinski definition) is 6. The summed E-state index contributed by atoms with van der Waals surface area (Å²) in [5, 5.41) is 5.45. The zero-order valence-corrected chi connectivity index (χ0v) is 17.4. The van der Waals surface area contributed by atoms with Gasteiger partial charge in [-0.25, -0.2) is 9.97 Å². The van der Waals surface area contributed by atoms with E-state index in [1.54, 1.807) is 19.4 Å². The van der Waals surface area contributed by atoms with E-state index in [9.17, 15) is 9.59 Å². The number of thiophene rings is 1. The molecule has 8 nitrogen and oxygen atoms in total. The number of imidazole rings is 1. The van der Waals surface area contributed by atoms with E-state index in [0.29, 0.717) is 21.8 Å². The molecule has 1 N–H and O–H groups in total. The Morgan fingerprint density at radius 2 is 2.17 bits per heavy atom. The summed E-state index contributed by atoms with van der Waals surface area (Å²) in [5.41, 5.74) is 0.720. The van der Waals surface area contributed by atoms with Crippen LogP contribution in [0.2, 0.25) is 0 Å². The molecule has 0 spiro atoms. The summed E-state index contributed by atoms with van der Waals surface area (Å²) in [6.07, 6.45) is 5.15. The van der Waals surface area contributed by atoms with Crippen LogP contribution in [0.4, 0.5) is 0 Å². The van der Waals surface area contributed by atoms with Gasteiger partial charge in [-0.1, -0.05) is 12.1 Å². The molecule has 0 radical (unpaired) electrons. The van der Waals surface area contributed by atoms with Crippen molar-refractivity contribution >= 4 is 27.5 Å². The second-order valence-electron chi connectivity index (χ2n) is 6.81. The van der Waals surface area contributed by atoms with Crippen molar-refractivity contribution in [1.82, 2.24) is 24.4 Å². The molecule has 30 heavy (non-hydrogen) atoms. The van der Waals surface area contributed by atoms with Crippen molar-refractivity contribution in [3.8, 4) is 5.75 Å². The van der Waals surface area contributed by atoms with Crippen molar-refractivity contribution in [1.29, 1.82) is 0 Å². The molecule has 4 rings (SSSR count). The predicted molar refractivity (Wildman–Crippen MR) is 115 cm³/mol. The molecule has 0 saturated heterocycles. The predicted octanol–water partition coefficient (Wildman–Crippen LogP) is 2.50. The number of hydrogen-bond donors (Lipinski definition) is 1. The van der Waals surface area contributed by atoms with Gasteiger partial charge in [-0.3, -0.25) is 14.2 Å². The van der Waals surface area contributed by atoms with Crippen LogP contribution in [0.5, 0.6) is 5.75 Å². The molecular weight excluding hydrogens is 402 g/mol. The van der Waals surface area contributed by atoms with E-state index in [1.165, 1.54) is 22.2 Å². The van der Waals surface area contributed by atoms with Crippen LogP contribution in [0, 0.1) is 0 Å². The van der Waals surface area contributed by atoms with Gasteiger partial charge in [-0.2, -0.15) is 0 Å². The van der Waals surface area contributed by atoms with Gasteiger partial charge < -0.3 is 14.6 Å². The molecule has 1 amide bonds. The Labute approximate surface area is 176 Å². The Kier molecular flexibility index (Phi) is 5.62. The number of carbonyl (C=O) groups is 1. The van der Waals surface area contributed by atoms with Gasteiger partial charge in [0.05, 0.1) is 18.8 Å². The first-order valence-electron chi connectivity index (χ1n) is 9.40. The third-order valence-corrected chi connectivity index (χ3v) is 5.70. The minimum atomic E-state index is -0.443. The fourth-order valence-corrected chi connectivity index (χ4v) is 4.00. The number of benzene rings is 1. The van der Waals surface area contributed by atoms with Crippen molar-refractivity contribution in [3.05, 3.63) is 76.2 Å². The van der Waals surface area contributed by atoms with Crippen LogP contribution in [0.1, 0.15) is 23.9 Å². The lowest BCUT2D eigenvalue weighted by Gasteiger charge is -2.20. The third-order valence-electron chi connectivity index (χ3n) is 4.88. The summed E-state index contributed by atoms with van der Waals surface area (Å²) in [7, 11) is 3.48. The van der Waals surface area contributed by atoms with Crippen molar-refractivity contribution in [2.75, 3.05) is 7.11 Å². The van der Waals surface area contributed by atoms with Crippen LogP contribution in [0.25, 0.3) is 10.2 Å². The van der Waals surface area contributed by atoms with E-state index in [1.807, 2.05) is 47.5 Å². The lowest BCUT2D eigenvalue weighted by molar-refractivity contribution is -0.121. The van der Waals surface area contributed by atoms with Gasteiger partial charge in [0.15, 0.2) is 0 Å². The average Bonchev–Trinajstić information content (AvgIpc) is 3.41. The highest BCUT2D eigenvalue weighted by Gasteiger charge is 2.21. The first kappa shape index (κ1) is 19.8. The number of aromatic nitrogens is 4. The summed E-state index contributed by atoms with van der Waals surface area (Å²) in [6, 6.07) is 8.82. The largest absolute Gasteiger partial charge is 0.497 e. The molecule has 0 aliphatic heterocycles. The SMILES string of the molecule is COc1cccc(C(NC(=O)CCn2cnc3sccc3c2=O)c2nccn2C)c1. The quantitative estimate of drug-likeness (QED) is 0.493. The molecule has 9 heteroatoms. The highest BCUT2D eigenvalue weighted by Crippen LogP contribution is 2.24. The molecule has 0 aliphatic carbocycles. The second-order valence-corrected chi connectivity index (χ2v) is 7.70. The van der Waals surface area contributed by atoms with Crippen LogP contribution in [-0.4, -0.2) is 32.1 Å². The Balaban J connectivity index is 1.53. The molecule has 0 fully saturated rings. The molecule has 1 atom stereocenters. The van der Waals surface area contributed by atoms with Gasteiger partial charge in [0.25, 0.3) is 5.56 Å². The van der Waals surface area contributed by atoms with Gasteiger partial charge in [0.1, 0.15) is 22.4 Å². The van der Waals surface area contributed by atoms with Crippen molar-refractivity contribution in [3.63, 3.8) is 0 Å². The molecular formula is C21H21N5O3S. The van der Waals surface area contributed by atoms with E-state index >= 15 is 0 Å². The van der Waals surface area contributed by atoms with Gasteiger partial charge in [0, 0.05) is 32.4 Å². The number of amides is 1. The maximum Gasteiger partial charge on any atom is 0.262 e. The number of methoxy groups -OCH3 is 1. The lowest BCUT2D eigenvalue weighted by atomic mass is 10.1. The minimum Gasteiger partial charge on any atom is -0.497 e. The van der Waals surface area contributed by atoms with E-state index in [0.717, 1.165) is 5.56 Å². The second kappa shape index (κ2) is 8.50. The zero-order valence-electron chi connectivity index (χ0n) is 16.6. The Bertz CT molecular complexity index is 1240. The highest BCUT2D eigenvalue weighted by molar-refractivity contribution is 7.16. The third kappa shape index (κ3) is 3.97. The fourth-order valence-electron chi connectivity index (χ4n) is 3.28. The molecule has 0 bridgehead atoms. The van der Waals surface area contributed by atoms with Gasteiger partial charge >= 0.3 is 0 Å². The van der Waals surface area contributed by atoms with Crippen LogP contribution < -0.4 is 15.6 Å². The van der Waals surface area contributed by atoms with E-state index in [4.69, 9.17) is 4.74 Å². The summed E-state index contributed by atoms with van der Waals surface area (Å²) < 4.78 is 8.65. The number of aryl methyl sites for hydroxylation is 2.